The first-order valence-electron chi connectivity index (χ1n) is 21.8. The van der Waals surface area contributed by atoms with Gasteiger partial charge in [-0.15, -0.1) is 0 Å². The predicted octanol–water partition coefficient (Wildman–Crippen LogP) is -4.74. The third-order valence-electron chi connectivity index (χ3n) is 11.8. The van der Waals surface area contributed by atoms with Gasteiger partial charge in [0.2, 0.25) is 11.8 Å². The van der Waals surface area contributed by atoms with Gasteiger partial charge in [0.25, 0.3) is 0 Å². The summed E-state index contributed by atoms with van der Waals surface area (Å²) >= 11 is 2.03. The van der Waals surface area contributed by atoms with Crippen LogP contribution in [0.25, 0.3) is 0 Å². The Morgan fingerprint density at radius 2 is 0.779 bits per heavy atom. The molecular formula is C42H60N2O22S2. The van der Waals surface area contributed by atoms with Crippen molar-refractivity contribution in [3.05, 3.63) is 48.5 Å². The third-order valence-corrected chi connectivity index (χ3v) is 14.1. The van der Waals surface area contributed by atoms with Crippen LogP contribution in [-0.2, 0) is 38.0 Å². The number of aliphatic hydroxyl groups excluding tert-OH is 14. The fourth-order valence-electron chi connectivity index (χ4n) is 7.83. The zero-order valence-electron chi connectivity index (χ0n) is 36.2. The SMILES string of the molecule is O=C(CCCCC(=O)Nc1ccc(S[C@@H]2O[C@H](CO)[C@@H](O[C@@H]3O[C@H](CO)[C@@H](O)[C@H](O)[C@H]3O)[C@H](O)[C@H]2O)cc1)Nc1ccc(S[C@@H]2O[C@H](CO)[C@@H](O[C@@H]3O[C@H](CO)[C@@H](O)[C@H](O)[C@H]3O)[C@H](O)[C@H]2O)cc1. The number of unbranched alkanes of at least 4 members (excludes halogenated alkanes) is 1. The third kappa shape index (κ3) is 13.2. The molecule has 26 heteroatoms. The highest BCUT2D eigenvalue weighted by Gasteiger charge is 2.52. The molecule has 382 valence electrons. The van der Waals surface area contributed by atoms with Crippen molar-refractivity contribution in [2.45, 2.75) is 157 Å². The first kappa shape index (κ1) is 54.6. The minimum Gasteiger partial charge on any atom is -0.394 e. The summed E-state index contributed by atoms with van der Waals surface area (Å²) in [5.41, 5.74) is -1.27. The van der Waals surface area contributed by atoms with Crippen molar-refractivity contribution < 1.29 is 110 Å². The van der Waals surface area contributed by atoms with Crippen molar-refractivity contribution in [2.75, 3.05) is 37.1 Å². The van der Waals surface area contributed by atoms with E-state index in [9.17, 15) is 81.1 Å². The minimum absolute atomic E-state index is 0.117. The standard InChI is InChI=1S/C42H60N2O22S2/c45-13-21-27(51)29(53)33(57)39(61-21)65-37-23(15-47)63-41(35(59)31(37)55)67-19-9-5-17(6-10-19)43-25(49)3-1-2-4-26(50)44-18-7-11-20(12-8-18)68-42-36(60)32(56)38(24(16-48)64-42)66-40-34(58)30(54)28(52)22(14-46)62-40/h5-12,21-24,27-42,45-48,51-60H,1-4,13-16H2,(H,43,49)(H,44,50)/t21-,22-,23-,24-,27-,28-,29+,30+,31-,32-,33-,34-,35-,36-,37-,38-,39+,40+,41+,42+/m1/s1. The summed E-state index contributed by atoms with van der Waals surface area (Å²) < 4.78 is 33.5. The summed E-state index contributed by atoms with van der Waals surface area (Å²) in [6, 6.07) is 13.0. The number of carbonyl (C=O) groups is 2. The van der Waals surface area contributed by atoms with Crippen LogP contribution in [0.4, 0.5) is 11.4 Å². The fourth-order valence-corrected chi connectivity index (χ4v) is 9.95. The molecule has 2 aromatic rings. The lowest BCUT2D eigenvalue weighted by molar-refractivity contribution is -0.338. The Labute approximate surface area is 397 Å². The summed E-state index contributed by atoms with van der Waals surface area (Å²) in [5, 5.41) is 149. The van der Waals surface area contributed by atoms with E-state index in [2.05, 4.69) is 10.6 Å². The number of nitrogens with one attached hydrogen (secondary N) is 2. The van der Waals surface area contributed by atoms with Crippen LogP contribution < -0.4 is 10.6 Å². The molecule has 4 fully saturated rings. The van der Waals surface area contributed by atoms with E-state index in [0.29, 0.717) is 34.0 Å². The molecule has 16 N–H and O–H groups in total. The Hall–Kier alpha value is -2.72. The fraction of sp³-hybridized carbons (Fsp3) is 0.667. The molecule has 4 heterocycles. The Morgan fingerprint density at radius 3 is 1.10 bits per heavy atom. The van der Waals surface area contributed by atoms with Gasteiger partial charge in [0.15, 0.2) is 12.6 Å². The maximum atomic E-state index is 12.7. The topological polar surface area (TPSA) is 397 Å². The highest BCUT2D eigenvalue weighted by atomic mass is 32.2. The predicted molar refractivity (Wildman–Crippen MR) is 233 cm³/mol. The van der Waals surface area contributed by atoms with Crippen molar-refractivity contribution in [3.8, 4) is 0 Å². The van der Waals surface area contributed by atoms with Gasteiger partial charge in [-0.05, 0) is 61.4 Å². The molecule has 0 spiro atoms. The van der Waals surface area contributed by atoms with Crippen LogP contribution in [-0.4, -0.2) is 231 Å². The number of aliphatic hydroxyl groups is 14. The van der Waals surface area contributed by atoms with Crippen LogP contribution >= 0.6 is 23.5 Å². The number of thioether (sulfide) groups is 2. The largest absolute Gasteiger partial charge is 0.394 e. The van der Waals surface area contributed by atoms with Crippen molar-refractivity contribution in [2.24, 2.45) is 0 Å². The lowest BCUT2D eigenvalue weighted by Gasteiger charge is -2.46. The minimum atomic E-state index is -1.79. The van der Waals surface area contributed by atoms with E-state index in [1.807, 2.05) is 0 Å². The molecule has 24 nitrogen and oxygen atoms in total. The van der Waals surface area contributed by atoms with E-state index in [0.717, 1.165) is 23.5 Å². The molecule has 2 amide bonds. The number of anilines is 2. The molecule has 0 radical (unpaired) electrons. The van der Waals surface area contributed by atoms with Gasteiger partial charge in [0, 0.05) is 34.0 Å². The number of benzene rings is 2. The molecule has 4 aliphatic heterocycles. The maximum Gasteiger partial charge on any atom is 0.224 e. The highest BCUT2D eigenvalue weighted by Crippen LogP contribution is 2.38. The van der Waals surface area contributed by atoms with Crippen molar-refractivity contribution >= 4 is 46.7 Å². The number of carbonyl (C=O) groups excluding carboxylic acids is 2. The Bertz CT molecular complexity index is 1750. The van der Waals surface area contributed by atoms with Gasteiger partial charge in [0.05, 0.1) is 26.4 Å². The number of amides is 2. The summed E-state index contributed by atoms with van der Waals surface area (Å²) in [6.07, 6.45) is -27.0. The second kappa shape index (κ2) is 25.1. The van der Waals surface area contributed by atoms with E-state index in [-0.39, 0.29) is 24.7 Å². The summed E-state index contributed by atoms with van der Waals surface area (Å²) in [5.74, 6) is -0.600. The summed E-state index contributed by atoms with van der Waals surface area (Å²) in [4.78, 5) is 26.5. The molecule has 6 rings (SSSR count). The Morgan fingerprint density at radius 1 is 0.441 bits per heavy atom. The number of rotatable bonds is 19. The maximum absolute atomic E-state index is 12.7. The summed E-state index contributed by atoms with van der Waals surface area (Å²) in [6.45, 7) is -2.79. The van der Waals surface area contributed by atoms with Crippen LogP contribution in [0.15, 0.2) is 58.3 Å². The first-order chi connectivity index (χ1) is 32.5. The number of hydrogen-bond donors (Lipinski definition) is 16. The molecule has 0 saturated carbocycles. The Balaban J connectivity index is 0.889. The molecule has 4 saturated heterocycles. The van der Waals surface area contributed by atoms with Crippen LogP contribution in [0, 0.1) is 0 Å². The van der Waals surface area contributed by atoms with E-state index in [4.69, 9.17) is 28.4 Å². The van der Waals surface area contributed by atoms with Crippen molar-refractivity contribution in [3.63, 3.8) is 0 Å². The molecule has 68 heavy (non-hydrogen) atoms. The van der Waals surface area contributed by atoms with E-state index in [1.54, 1.807) is 48.5 Å². The summed E-state index contributed by atoms with van der Waals surface area (Å²) in [7, 11) is 0. The lowest BCUT2D eigenvalue weighted by atomic mass is 9.97. The zero-order valence-corrected chi connectivity index (χ0v) is 37.8. The van der Waals surface area contributed by atoms with Gasteiger partial charge in [-0.1, -0.05) is 23.5 Å². The van der Waals surface area contributed by atoms with Crippen molar-refractivity contribution in [1.82, 2.24) is 0 Å². The van der Waals surface area contributed by atoms with Crippen LogP contribution in [0.2, 0.25) is 0 Å². The second-order valence-electron chi connectivity index (χ2n) is 16.6. The molecule has 0 aromatic heterocycles. The normalized spacial score (nSPS) is 38.7. The number of hydrogen-bond acceptors (Lipinski definition) is 24. The molecule has 0 unspecified atom stereocenters. The van der Waals surface area contributed by atoms with E-state index < -0.39 is 148 Å². The first-order valence-corrected chi connectivity index (χ1v) is 23.5. The highest BCUT2D eigenvalue weighted by molar-refractivity contribution is 8.00. The Kier molecular flexibility index (Phi) is 20.2. The average molecular weight is 1010 g/mol. The van der Waals surface area contributed by atoms with Crippen LogP contribution in [0.5, 0.6) is 0 Å². The second-order valence-corrected chi connectivity index (χ2v) is 18.9. The van der Waals surface area contributed by atoms with Gasteiger partial charge in [0.1, 0.15) is 109 Å². The van der Waals surface area contributed by atoms with Gasteiger partial charge in [-0.25, -0.2) is 0 Å². The van der Waals surface area contributed by atoms with Crippen LogP contribution in [0.3, 0.4) is 0 Å². The molecule has 0 bridgehead atoms. The molecule has 0 aliphatic carbocycles. The zero-order chi connectivity index (χ0) is 49.4. The number of ether oxygens (including phenoxy) is 6. The lowest BCUT2D eigenvalue weighted by Crippen LogP contribution is -2.64. The van der Waals surface area contributed by atoms with Crippen LogP contribution in [0.1, 0.15) is 25.7 Å². The monoisotopic (exact) mass is 1010 g/mol. The van der Waals surface area contributed by atoms with E-state index in [1.165, 1.54) is 0 Å². The molecular weight excluding hydrogens is 949 g/mol. The van der Waals surface area contributed by atoms with Gasteiger partial charge < -0.3 is 111 Å². The molecule has 2 aromatic carbocycles. The van der Waals surface area contributed by atoms with E-state index >= 15 is 0 Å². The molecule has 4 aliphatic rings. The average Bonchev–Trinajstić information content (AvgIpc) is 3.33. The van der Waals surface area contributed by atoms with Gasteiger partial charge in [-0.2, -0.15) is 0 Å². The molecule has 20 atom stereocenters. The smallest absolute Gasteiger partial charge is 0.224 e. The van der Waals surface area contributed by atoms with Crippen molar-refractivity contribution in [1.29, 1.82) is 0 Å². The van der Waals surface area contributed by atoms with Gasteiger partial charge >= 0.3 is 0 Å². The quantitative estimate of drug-likeness (QED) is 0.0588. The van der Waals surface area contributed by atoms with Gasteiger partial charge in [-0.3, -0.25) is 9.59 Å².